The van der Waals surface area contributed by atoms with Gasteiger partial charge in [-0.1, -0.05) is 6.07 Å². The molecular formula is C18H18F2N2O2. The van der Waals surface area contributed by atoms with Crippen molar-refractivity contribution >= 4 is 5.91 Å². The smallest absolute Gasteiger partial charge is 0.227 e. The second-order valence-electron chi connectivity index (χ2n) is 6.10. The van der Waals surface area contributed by atoms with Gasteiger partial charge in [-0.25, -0.2) is 8.78 Å². The molecule has 0 unspecified atom stereocenters. The summed E-state index contributed by atoms with van der Waals surface area (Å²) in [4.78, 5) is 18.2. The number of aryl methyl sites for hydroxylation is 1. The van der Waals surface area contributed by atoms with E-state index in [1.165, 1.54) is 11.0 Å². The van der Waals surface area contributed by atoms with E-state index in [0.29, 0.717) is 12.0 Å². The molecule has 0 bridgehead atoms. The second-order valence-corrected chi connectivity index (χ2v) is 6.10. The highest BCUT2D eigenvalue weighted by Crippen LogP contribution is 2.33. The molecule has 0 saturated carbocycles. The molecule has 1 aliphatic rings. The Morgan fingerprint density at radius 3 is 2.83 bits per heavy atom. The number of aromatic nitrogens is 1. The molecule has 0 radical (unpaired) electrons. The SMILES string of the molecule is Cc1cnccc1CC(=O)N1C[C@H](O)C[C@H]1c1ccc(F)c(F)c1. The number of carbonyl (C=O) groups is 1. The van der Waals surface area contributed by atoms with Crippen molar-refractivity contribution in [2.75, 3.05) is 6.54 Å². The zero-order chi connectivity index (χ0) is 17.3. The van der Waals surface area contributed by atoms with E-state index in [1.807, 2.05) is 6.92 Å². The van der Waals surface area contributed by atoms with Gasteiger partial charge in [-0.15, -0.1) is 0 Å². The molecule has 6 heteroatoms. The molecule has 126 valence electrons. The number of hydrogen-bond acceptors (Lipinski definition) is 3. The highest BCUT2D eigenvalue weighted by atomic mass is 19.2. The molecule has 2 heterocycles. The first kappa shape index (κ1) is 16.5. The average Bonchev–Trinajstić information content (AvgIpc) is 2.94. The summed E-state index contributed by atoms with van der Waals surface area (Å²) in [5.74, 6) is -2.04. The summed E-state index contributed by atoms with van der Waals surface area (Å²) in [7, 11) is 0. The van der Waals surface area contributed by atoms with Crippen LogP contribution in [-0.2, 0) is 11.2 Å². The van der Waals surface area contributed by atoms with Crippen LogP contribution in [0, 0.1) is 18.6 Å². The lowest BCUT2D eigenvalue weighted by atomic mass is 10.0. The molecule has 1 N–H and O–H groups in total. The van der Waals surface area contributed by atoms with Crippen LogP contribution in [0.5, 0.6) is 0 Å². The summed E-state index contributed by atoms with van der Waals surface area (Å²) < 4.78 is 26.6. The Labute approximate surface area is 138 Å². The van der Waals surface area contributed by atoms with Gasteiger partial charge in [0.15, 0.2) is 11.6 Å². The lowest BCUT2D eigenvalue weighted by Crippen LogP contribution is -2.33. The maximum Gasteiger partial charge on any atom is 0.227 e. The first-order valence-electron chi connectivity index (χ1n) is 7.77. The summed E-state index contributed by atoms with van der Waals surface area (Å²) in [6.07, 6.45) is 3.13. The molecular weight excluding hydrogens is 314 g/mol. The number of β-amino-alcohol motifs (C(OH)–C–C–N with tert-alkyl or cyclic N) is 1. The standard InChI is InChI=1S/C18H18F2N2O2/c1-11-9-21-5-4-12(11)7-18(24)22-10-14(23)8-17(22)13-2-3-15(19)16(20)6-13/h2-6,9,14,17,23H,7-8,10H2,1H3/t14-,17+/m1/s1. The molecule has 1 amide bonds. The number of likely N-dealkylation sites (tertiary alicyclic amines) is 1. The molecule has 2 aromatic rings. The maximum atomic E-state index is 13.5. The summed E-state index contributed by atoms with van der Waals surface area (Å²) in [5, 5.41) is 9.95. The molecule has 4 nitrogen and oxygen atoms in total. The monoisotopic (exact) mass is 332 g/mol. The van der Waals surface area contributed by atoms with Gasteiger partial charge in [0.2, 0.25) is 5.91 Å². The van der Waals surface area contributed by atoms with Crippen molar-refractivity contribution in [3.05, 3.63) is 65.0 Å². The van der Waals surface area contributed by atoms with Crippen LogP contribution in [0.1, 0.15) is 29.2 Å². The number of carbonyl (C=O) groups excluding carboxylic acids is 1. The zero-order valence-electron chi connectivity index (χ0n) is 13.2. The fourth-order valence-electron chi connectivity index (χ4n) is 3.09. The minimum absolute atomic E-state index is 0.157. The summed E-state index contributed by atoms with van der Waals surface area (Å²) >= 11 is 0. The lowest BCUT2D eigenvalue weighted by molar-refractivity contribution is -0.131. The average molecular weight is 332 g/mol. The molecule has 0 spiro atoms. The van der Waals surface area contributed by atoms with Crippen LogP contribution in [-0.4, -0.2) is 33.5 Å². The predicted molar refractivity (Wildman–Crippen MR) is 84.1 cm³/mol. The second kappa shape index (κ2) is 6.65. The van der Waals surface area contributed by atoms with Gasteiger partial charge in [0.1, 0.15) is 0 Å². The third kappa shape index (κ3) is 3.28. The van der Waals surface area contributed by atoms with E-state index in [1.54, 1.807) is 18.5 Å². The molecule has 1 aromatic heterocycles. The van der Waals surface area contributed by atoms with E-state index < -0.39 is 23.8 Å². The van der Waals surface area contributed by atoms with Gasteiger partial charge in [-0.2, -0.15) is 0 Å². The maximum absolute atomic E-state index is 13.5. The number of benzene rings is 1. The Balaban J connectivity index is 1.83. The van der Waals surface area contributed by atoms with Crippen LogP contribution in [0.25, 0.3) is 0 Å². The van der Waals surface area contributed by atoms with Gasteiger partial charge in [0.25, 0.3) is 0 Å². The lowest BCUT2D eigenvalue weighted by Gasteiger charge is -2.25. The molecule has 1 aromatic carbocycles. The highest BCUT2D eigenvalue weighted by molar-refractivity contribution is 5.80. The van der Waals surface area contributed by atoms with E-state index >= 15 is 0 Å². The van der Waals surface area contributed by atoms with Gasteiger partial charge in [0, 0.05) is 18.9 Å². The van der Waals surface area contributed by atoms with Crippen molar-refractivity contribution in [3.8, 4) is 0 Å². The Bertz CT molecular complexity index is 766. The van der Waals surface area contributed by atoms with E-state index in [9.17, 15) is 18.7 Å². The van der Waals surface area contributed by atoms with Gasteiger partial charge in [-0.05, 0) is 48.2 Å². The van der Waals surface area contributed by atoms with Gasteiger partial charge >= 0.3 is 0 Å². The Hall–Kier alpha value is -2.34. The topological polar surface area (TPSA) is 53.4 Å². The number of pyridine rings is 1. The number of nitrogens with zero attached hydrogens (tertiary/aromatic N) is 2. The number of aliphatic hydroxyl groups excluding tert-OH is 1. The minimum Gasteiger partial charge on any atom is -0.391 e. The summed E-state index contributed by atoms with van der Waals surface area (Å²) in [6, 6.07) is 4.93. The Morgan fingerprint density at radius 1 is 1.33 bits per heavy atom. The van der Waals surface area contributed by atoms with Crippen molar-refractivity contribution < 1.29 is 18.7 Å². The minimum atomic E-state index is -0.953. The predicted octanol–water partition coefficient (Wildman–Crippen LogP) is 2.55. The number of rotatable bonds is 3. The van der Waals surface area contributed by atoms with E-state index in [0.717, 1.165) is 23.3 Å². The van der Waals surface area contributed by atoms with Crippen LogP contribution >= 0.6 is 0 Å². The van der Waals surface area contributed by atoms with Crippen LogP contribution in [0.2, 0.25) is 0 Å². The van der Waals surface area contributed by atoms with Crippen molar-refractivity contribution in [1.29, 1.82) is 0 Å². The van der Waals surface area contributed by atoms with Crippen LogP contribution in [0.4, 0.5) is 8.78 Å². The molecule has 1 saturated heterocycles. The third-order valence-electron chi connectivity index (χ3n) is 4.41. The number of halogens is 2. The fourth-order valence-corrected chi connectivity index (χ4v) is 3.09. The van der Waals surface area contributed by atoms with E-state index in [2.05, 4.69) is 4.98 Å². The van der Waals surface area contributed by atoms with Crippen molar-refractivity contribution in [2.24, 2.45) is 0 Å². The highest BCUT2D eigenvalue weighted by Gasteiger charge is 2.35. The Kier molecular flexibility index (Phi) is 4.57. The fraction of sp³-hybridized carbons (Fsp3) is 0.333. The zero-order valence-corrected chi connectivity index (χ0v) is 13.2. The van der Waals surface area contributed by atoms with Gasteiger partial charge in [0.05, 0.1) is 18.6 Å². The van der Waals surface area contributed by atoms with Crippen molar-refractivity contribution in [1.82, 2.24) is 9.88 Å². The molecule has 24 heavy (non-hydrogen) atoms. The first-order valence-corrected chi connectivity index (χ1v) is 7.77. The number of hydrogen-bond donors (Lipinski definition) is 1. The van der Waals surface area contributed by atoms with Crippen LogP contribution < -0.4 is 0 Å². The van der Waals surface area contributed by atoms with Crippen molar-refractivity contribution in [3.63, 3.8) is 0 Å². The molecule has 0 aliphatic carbocycles. The number of amides is 1. The molecule has 2 atom stereocenters. The summed E-state index contributed by atoms with van der Waals surface area (Å²) in [6.45, 7) is 2.06. The quantitative estimate of drug-likeness (QED) is 0.940. The van der Waals surface area contributed by atoms with E-state index in [-0.39, 0.29) is 18.9 Å². The first-order chi connectivity index (χ1) is 11.5. The van der Waals surface area contributed by atoms with E-state index in [4.69, 9.17) is 0 Å². The largest absolute Gasteiger partial charge is 0.391 e. The van der Waals surface area contributed by atoms with Crippen LogP contribution in [0.15, 0.2) is 36.7 Å². The molecule has 3 rings (SSSR count). The Morgan fingerprint density at radius 2 is 2.12 bits per heavy atom. The molecule has 1 aliphatic heterocycles. The number of aliphatic hydroxyl groups is 1. The summed E-state index contributed by atoms with van der Waals surface area (Å²) in [5.41, 5.74) is 2.26. The third-order valence-corrected chi connectivity index (χ3v) is 4.41. The van der Waals surface area contributed by atoms with Gasteiger partial charge in [-0.3, -0.25) is 9.78 Å². The van der Waals surface area contributed by atoms with Crippen LogP contribution in [0.3, 0.4) is 0 Å². The normalized spacial score (nSPS) is 20.4. The van der Waals surface area contributed by atoms with Crippen molar-refractivity contribution in [2.45, 2.75) is 31.9 Å². The van der Waals surface area contributed by atoms with Gasteiger partial charge < -0.3 is 10.0 Å². The molecule has 1 fully saturated rings.